The molecule has 0 bridgehead atoms. The number of nitrogens with zero attached hydrogens (tertiary/aromatic N) is 1. The van der Waals surface area contributed by atoms with Crippen molar-refractivity contribution in [2.45, 2.75) is 20.4 Å². The predicted octanol–water partition coefficient (Wildman–Crippen LogP) is 2.75. The third-order valence-corrected chi connectivity index (χ3v) is 2.58. The Morgan fingerprint density at radius 3 is 2.58 bits per heavy atom. The fourth-order valence-electron chi connectivity index (χ4n) is 1.48. The van der Waals surface area contributed by atoms with E-state index in [-0.39, 0.29) is 12.4 Å². The molecule has 0 aliphatic heterocycles. The van der Waals surface area contributed by atoms with E-state index in [0.29, 0.717) is 11.6 Å². The van der Waals surface area contributed by atoms with E-state index in [1.54, 1.807) is 0 Å². The van der Waals surface area contributed by atoms with Crippen molar-refractivity contribution in [3.8, 4) is 0 Å². The number of nitrogens with one attached hydrogen (secondary N) is 2. The average molecular weight is 263 g/mol. The summed E-state index contributed by atoms with van der Waals surface area (Å²) in [5.74, 6) is 0.830. The van der Waals surface area contributed by atoms with Crippen molar-refractivity contribution in [1.29, 1.82) is 0 Å². The highest BCUT2D eigenvalue weighted by molar-refractivity contribution is 5.89. The molecule has 0 aliphatic rings. The Morgan fingerprint density at radius 1 is 1.32 bits per heavy atom. The van der Waals surface area contributed by atoms with E-state index in [9.17, 15) is 9.18 Å². The van der Waals surface area contributed by atoms with Crippen molar-refractivity contribution in [1.82, 2.24) is 10.3 Å². The Kier molecular flexibility index (Phi) is 3.79. The van der Waals surface area contributed by atoms with Gasteiger partial charge in [-0.2, -0.15) is 0 Å². The SMILES string of the molecule is Cc1nc(CNC(=O)Nc2ccc(F)cc2)oc1C. The van der Waals surface area contributed by atoms with E-state index < -0.39 is 6.03 Å². The molecule has 19 heavy (non-hydrogen) atoms. The first-order chi connectivity index (χ1) is 9.04. The number of benzene rings is 1. The van der Waals surface area contributed by atoms with Gasteiger partial charge < -0.3 is 15.1 Å². The lowest BCUT2D eigenvalue weighted by atomic mass is 10.3. The molecule has 0 aliphatic carbocycles. The quantitative estimate of drug-likeness (QED) is 0.894. The number of rotatable bonds is 3. The van der Waals surface area contributed by atoms with Gasteiger partial charge in [-0.25, -0.2) is 14.2 Å². The molecule has 1 aromatic carbocycles. The van der Waals surface area contributed by atoms with E-state index >= 15 is 0 Å². The number of aryl methyl sites for hydroxylation is 2. The highest BCUT2D eigenvalue weighted by Gasteiger charge is 2.07. The summed E-state index contributed by atoms with van der Waals surface area (Å²) in [7, 11) is 0. The molecule has 5 nitrogen and oxygen atoms in total. The third-order valence-electron chi connectivity index (χ3n) is 2.58. The van der Waals surface area contributed by atoms with Crippen molar-refractivity contribution >= 4 is 11.7 Å². The van der Waals surface area contributed by atoms with Crippen LogP contribution in [0.15, 0.2) is 28.7 Å². The molecule has 2 aromatic rings. The van der Waals surface area contributed by atoms with Crippen LogP contribution in [0.2, 0.25) is 0 Å². The highest BCUT2D eigenvalue weighted by atomic mass is 19.1. The molecule has 2 amide bonds. The van der Waals surface area contributed by atoms with Gasteiger partial charge >= 0.3 is 6.03 Å². The number of aromatic nitrogens is 1. The Balaban J connectivity index is 1.86. The van der Waals surface area contributed by atoms with Gasteiger partial charge in [-0.15, -0.1) is 0 Å². The first kappa shape index (κ1) is 13.1. The zero-order chi connectivity index (χ0) is 13.8. The first-order valence-electron chi connectivity index (χ1n) is 5.78. The van der Waals surface area contributed by atoms with E-state index in [4.69, 9.17) is 4.42 Å². The van der Waals surface area contributed by atoms with Crippen molar-refractivity contribution in [3.63, 3.8) is 0 Å². The molecular formula is C13H14FN3O2. The van der Waals surface area contributed by atoms with Crippen LogP contribution in [0.5, 0.6) is 0 Å². The second kappa shape index (κ2) is 5.51. The standard InChI is InChI=1S/C13H14FN3O2/c1-8-9(2)19-12(16-8)7-15-13(18)17-11-5-3-10(14)4-6-11/h3-6H,7H2,1-2H3,(H2,15,17,18). The van der Waals surface area contributed by atoms with Gasteiger partial charge in [0.2, 0.25) is 5.89 Å². The van der Waals surface area contributed by atoms with Gasteiger partial charge in [0, 0.05) is 5.69 Å². The van der Waals surface area contributed by atoms with Crippen LogP contribution in [-0.2, 0) is 6.54 Å². The molecule has 1 heterocycles. The number of anilines is 1. The summed E-state index contributed by atoms with van der Waals surface area (Å²) in [4.78, 5) is 15.7. The van der Waals surface area contributed by atoms with Crippen molar-refractivity contribution in [3.05, 3.63) is 47.4 Å². The topological polar surface area (TPSA) is 67.2 Å². The van der Waals surface area contributed by atoms with E-state index in [1.165, 1.54) is 24.3 Å². The van der Waals surface area contributed by atoms with Crippen LogP contribution in [0.3, 0.4) is 0 Å². The number of hydrogen-bond donors (Lipinski definition) is 2. The van der Waals surface area contributed by atoms with Crippen LogP contribution in [0.1, 0.15) is 17.3 Å². The van der Waals surface area contributed by atoms with Crippen LogP contribution in [0.4, 0.5) is 14.9 Å². The number of urea groups is 1. The molecule has 0 atom stereocenters. The number of hydrogen-bond acceptors (Lipinski definition) is 3. The lowest BCUT2D eigenvalue weighted by molar-refractivity contribution is 0.250. The Morgan fingerprint density at radius 2 is 2.00 bits per heavy atom. The number of oxazole rings is 1. The first-order valence-corrected chi connectivity index (χ1v) is 5.78. The molecule has 100 valence electrons. The predicted molar refractivity (Wildman–Crippen MR) is 68.2 cm³/mol. The molecule has 0 saturated heterocycles. The Bertz CT molecular complexity index is 559. The Labute approximate surface area is 109 Å². The van der Waals surface area contributed by atoms with E-state index in [0.717, 1.165) is 11.5 Å². The molecule has 0 radical (unpaired) electrons. The zero-order valence-corrected chi connectivity index (χ0v) is 10.7. The maximum atomic E-state index is 12.7. The zero-order valence-electron chi connectivity index (χ0n) is 10.7. The number of carbonyl (C=O) groups excluding carboxylic acids is 1. The van der Waals surface area contributed by atoms with Crippen LogP contribution < -0.4 is 10.6 Å². The van der Waals surface area contributed by atoms with Crippen LogP contribution in [-0.4, -0.2) is 11.0 Å². The average Bonchev–Trinajstić information content (AvgIpc) is 2.69. The number of carbonyl (C=O) groups is 1. The van der Waals surface area contributed by atoms with Gasteiger partial charge in [0.15, 0.2) is 0 Å². The van der Waals surface area contributed by atoms with Crippen molar-refractivity contribution < 1.29 is 13.6 Å². The number of amides is 2. The van der Waals surface area contributed by atoms with E-state index in [1.807, 2.05) is 13.8 Å². The highest BCUT2D eigenvalue weighted by Crippen LogP contribution is 2.09. The van der Waals surface area contributed by atoms with Crippen LogP contribution in [0.25, 0.3) is 0 Å². The summed E-state index contributed by atoms with van der Waals surface area (Å²) < 4.78 is 18.0. The molecule has 2 rings (SSSR count). The van der Waals surface area contributed by atoms with Gasteiger partial charge in [0.25, 0.3) is 0 Å². The smallest absolute Gasteiger partial charge is 0.319 e. The van der Waals surface area contributed by atoms with Crippen LogP contribution >= 0.6 is 0 Å². The summed E-state index contributed by atoms with van der Waals surface area (Å²) in [5, 5.41) is 5.18. The second-order valence-electron chi connectivity index (χ2n) is 4.06. The van der Waals surface area contributed by atoms with Crippen LogP contribution in [0, 0.1) is 19.7 Å². The maximum Gasteiger partial charge on any atom is 0.319 e. The monoisotopic (exact) mass is 263 g/mol. The lowest BCUT2D eigenvalue weighted by Crippen LogP contribution is -2.28. The molecular weight excluding hydrogens is 249 g/mol. The largest absolute Gasteiger partial charge is 0.444 e. The molecule has 0 spiro atoms. The molecule has 6 heteroatoms. The normalized spacial score (nSPS) is 10.3. The van der Waals surface area contributed by atoms with Gasteiger partial charge in [-0.1, -0.05) is 0 Å². The minimum Gasteiger partial charge on any atom is -0.444 e. The molecule has 0 fully saturated rings. The van der Waals surface area contributed by atoms with Crippen molar-refractivity contribution in [2.24, 2.45) is 0 Å². The minimum atomic E-state index is -0.403. The summed E-state index contributed by atoms with van der Waals surface area (Å²) in [6.45, 7) is 3.84. The molecule has 0 saturated carbocycles. The summed E-state index contributed by atoms with van der Waals surface area (Å²) in [6.07, 6.45) is 0. The summed E-state index contributed by atoms with van der Waals surface area (Å²) in [5.41, 5.74) is 1.31. The fourth-order valence-corrected chi connectivity index (χ4v) is 1.48. The van der Waals surface area contributed by atoms with E-state index in [2.05, 4.69) is 15.6 Å². The minimum absolute atomic E-state index is 0.196. The number of halogens is 1. The summed E-state index contributed by atoms with van der Waals surface area (Å²) >= 11 is 0. The Hall–Kier alpha value is -2.37. The second-order valence-corrected chi connectivity index (χ2v) is 4.06. The van der Waals surface area contributed by atoms with Gasteiger partial charge in [0.05, 0.1) is 12.2 Å². The maximum absolute atomic E-state index is 12.7. The lowest BCUT2D eigenvalue weighted by Gasteiger charge is -2.05. The fraction of sp³-hybridized carbons (Fsp3) is 0.231. The molecule has 0 unspecified atom stereocenters. The van der Waals surface area contributed by atoms with Gasteiger partial charge in [0.1, 0.15) is 11.6 Å². The molecule has 2 N–H and O–H groups in total. The molecule has 1 aromatic heterocycles. The van der Waals surface area contributed by atoms with Crippen molar-refractivity contribution in [2.75, 3.05) is 5.32 Å². The van der Waals surface area contributed by atoms with Gasteiger partial charge in [-0.3, -0.25) is 0 Å². The third kappa shape index (κ3) is 3.54. The summed E-state index contributed by atoms with van der Waals surface area (Å²) in [6, 6.07) is 5.11. The van der Waals surface area contributed by atoms with Gasteiger partial charge in [-0.05, 0) is 38.1 Å².